The van der Waals surface area contributed by atoms with Crippen molar-refractivity contribution in [1.82, 2.24) is 5.43 Å². The standard InChI is InChI=1S/C21H26N2O6/c1-13(9-14-7-8-16(25-2)17(10-14)26-3)22-23-21(24)15-11-18(27-4)20(29-6)19(12-15)28-5/h7-8,10-12H,9H2,1-6H3,(H,23,24)/b22-13-. The van der Waals surface area contributed by atoms with Gasteiger partial charge < -0.3 is 23.7 Å². The molecule has 0 radical (unpaired) electrons. The summed E-state index contributed by atoms with van der Waals surface area (Å²) in [4.78, 5) is 12.5. The molecule has 1 amide bonds. The zero-order valence-corrected chi connectivity index (χ0v) is 17.5. The molecule has 1 N–H and O–H groups in total. The van der Waals surface area contributed by atoms with Gasteiger partial charge in [0.2, 0.25) is 5.75 Å². The molecule has 0 bridgehead atoms. The maximum Gasteiger partial charge on any atom is 0.271 e. The maximum atomic E-state index is 12.5. The summed E-state index contributed by atoms with van der Waals surface area (Å²) in [6.45, 7) is 1.83. The fourth-order valence-corrected chi connectivity index (χ4v) is 2.75. The number of carbonyl (C=O) groups is 1. The van der Waals surface area contributed by atoms with Crippen molar-refractivity contribution in [2.24, 2.45) is 5.10 Å². The van der Waals surface area contributed by atoms with Gasteiger partial charge in [-0.3, -0.25) is 4.79 Å². The second kappa shape index (κ2) is 10.2. The van der Waals surface area contributed by atoms with Crippen LogP contribution in [0.3, 0.4) is 0 Å². The fourth-order valence-electron chi connectivity index (χ4n) is 2.75. The molecule has 2 aromatic carbocycles. The second-order valence-corrected chi connectivity index (χ2v) is 6.07. The van der Waals surface area contributed by atoms with Gasteiger partial charge in [0.1, 0.15) is 0 Å². The molecule has 0 atom stereocenters. The average Bonchev–Trinajstić information content (AvgIpc) is 2.75. The highest BCUT2D eigenvalue weighted by Gasteiger charge is 2.17. The van der Waals surface area contributed by atoms with Crippen LogP contribution in [0.4, 0.5) is 0 Å². The predicted molar refractivity (Wildman–Crippen MR) is 110 cm³/mol. The summed E-state index contributed by atoms with van der Waals surface area (Å²) in [7, 11) is 7.65. The SMILES string of the molecule is COc1ccc(C/C(C)=N\NC(=O)c2cc(OC)c(OC)c(OC)c2)cc1OC. The van der Waals surface area contributed by atoms with Crippen LogP contribution in [0.2, 0.25) is 0 Å². The lowest BCUT2D eigenvalue weighted by molar-refractivity contribution is 0.0954. The Morgan fingerprint density at radius 1 is 0.828 bits per heavy atom. The van der Waals surface area contributed by atoms with Gasteiger partial charge in [-0.25, -0.2) is 5.43 Å². The Morgan fingerprint density at radius 3 is 1.93 bits per heavy atom. The Balaban J connectivity index is 2.14. The van der Waals surface area contributed by atoms with Crippen LogP contribution in [0.15, 0.2) is 35.4 Å². The topological polar surface area (TPSA) is 87.6 Å². The molecule has 0 saturated heterocycles. The molecule has 0 fully saturated rings. The molecule has 0 aliphatic carbocycles. The van der Waals surface area contributed by atoms with E-state index in [0.29, 0.717) is 40.7 Å². The smallest absolute Gasteiger partial charge is 0.271 e. The molecule has 8 nitrogen and oxygen atoms in total. The first-order chi connectivity index (χ1) is 14.0. The van der Waals surface area contributed by atoms with Crippen molar-refractivity contribution in [1.29, 1.82) is 0 Å². The monoisotopic (exact) mass is 402 g/mol. The van der Waals surface area contributed by atoms with Gasteiger partial charge in [0.05, 0.1) is 35.5 Å². The molecule has 8 heteroatoms. The van der Waals surface area contributed by atoms with Crippen LogP contribution in [-0.4, -0.2) is 47.2 Å². The number of amides is 1. The minimum Gasteiger partial charge on any atom is -0.493 e. The van der Waals surface area contributed by atoms with Crippen molar-refractivity contribution in [2.45, 2.75) is 13.3 Å². The van der Waals surface area contributed by atoms with Gasteiger partial charge in [-0.05, 0) is 36.8 Å². The number of nitrogens with one attached hydrogen (secondary N) is 1. The first-order valence-corrected chi connectivity index (χ1v) is 8.81. The third kappa shape index (κ3) is 5.31. The maximum absolute atomic E-state index is 12.5. The van der Waals surface area contributed by atoms with Gasteiger partial charge in [0.25, 0.3) is 5.91 Å². The van der Waals surface area contributed by atoms with E-state index in [-0.39, 0.29) is 0 Å². The quantitative estimate of drug-likeness (QED) is 0.512. The Bertz CT molecular complexity index is 870. The molecule has 156 valence electrons. The molecular weight excluding hydrogens is 376 g/mol. The summed E-state index contributed by atoms with van der Waals surface area (Å²) >= 11 is 0. The van der Waals surface area contributed by atoms with Crippen LogP contribution in [0.5, 0.6) is 28.7 Å². The van der Waals surface area contributed by atoms with E-state index in [0.717, 1.165) is 11.3 Å². The largest absolute Gasteiger partial charge is 0.493 e. The minimum absolute atomic E-state index is 0.335. The minimum atomic E-state index is -0.393. The summed E-state index contributed by atoms with van der Waals surface area (Å²) in [5, 5.41) is 4.18. The zero-order valence-electron chi connectivity index (χ0n) is 17.5. The van der Waals surface area contributed by atoms with Crippen LogP contribution < -0.4 is 29.1 Å². The summed E-state index contributed by atoms with van der Waals surface area (Å²) < 4.78 is 26.4. The van der Waals surface area contributed by atoms with Gasteiger partial charge in [0, 0.05) is 17.7 Å². The third-order valence-electron chi connectivity index (χ3n) is 4.18. The highest BCUT2D eigenvalue weighted by Crippen LogP contribution is 2.38. The second-order valence-electron chi connectivity index (χ2n) is 6.07. The number of rotatable bonds is 9. The molecule has 0 heterocycles. The van der Waals surface area contributed by atoms with Crippen molar-refractivity contribution in [2.75, 3.05) is 35.5 Å². The van der Waals surface area contributed by atoms with Crippen molar-refractivity contribution in [3.05, 3.63) is 41.5 Å². The first kappa shape index (κ1) is 21.9. The number of benzene rings is 2. The average molecular weight is 402 g/mol. The summed E-state index contributed by atoms with van der Waals surface area (Å²) in [5.41, 5.74) is 4.58. The normalized spacial score (nSPS) is 10.9. The van der Waals surface area contributed by atoms with E-state index < -0.39 is 5.91 Å². The molecule has 0 saturated carbocycles. The van der Waals surface area contributed by atoms with Crippen molar-refractivity contribution in [3.63, 3.8) is 0 Å². The van der Waals surface area contributed by atoms with Crippen LogP contribution in [0.25, 0.3) is 0 Å². The van der Waals surface area contributed by atoms with Crippen LogP contribution in [0.1, 0.15) is 22.8 Å². The van der Waals surface area contributed by atoms with Gasteiger partial charge >= 0.3 is 0 Å². The number of ether oxygens (including phenoxy) is 5. The van der Waals surface area contributed by atoms with Crippen LogP contribution >= 0.6 is 0 Å². The van der Waals surface area contributed by atoms with E-state index in [9.17, 15) is 4.79 Å². The Labute approximate surface area is 170 Å². The van der Waals surface area contributed by atoms with Crippen molar-refractivity contribution < 1.29 is 28.5 Å². The lowest BCUT2D eigenvalue weighted by Gasteiger charge is -2.13. The van der Waals surface area contributed by atoms with Crippen LogP contribution in [0, 0.1) is 0 Å². The van der Waals surface area contributed by atoms with Gasteiger partial charge in [0.15, 0.2) is 23.0 Å². The van der Waals surface area contributed by atoms with E-state index in [1.165, 1.54) is 21.3 Å². The van der Waals surface area contributed by atoms with Crippen LogP contribution in [-0.2, 0) is 6.42 Å². The first-order valence-electron chi connectivity index (χ1n) is 8.81. The van der Waals surface area contributed by atoms with Crippen molar-refractivity contribution in [3.8, 4) is 28.7 Å². The fraction of sp³-hybridized carbons (Fsp3) is 0.333. The number of hydrogen-bond acceptors (Lipinski definition) is 7. The van der Waals surface area contributed by atoms with E-state index in [4.69, 9.17) is 23.7 Å². The van der Waals surface area contributed by atoms with Gasteiger partial charge in [-0.15, -0.1) is 0 Å². The number of methoxy groups -OCH3 is 5. The predicted octanol–water partition coefficient (Wildman–Crippen LogP) is 3.08. The number of nitrogens with zero attached hydrogens (tertiary/aromatic N) is 1. The van der Waals surface area contributed by atoms with E-state index in [1.54, 1.807) is 26.4 Å². The number of hydrogen-bond donors (Lipinski definition) is 1. The lowest BCUT2D eigenvalue weighted by Crippen LogP contribution is -2.20. The van der Waals surface area contributed by atoms with Crippen molar-refractivity contribution >= 4 is 11.6 Å². The highest BCUT2D eigenvalue weighted by molar-refractivity contribution is 5.96. The summed E-state index contributed by atoms with van der Waals surface area (Å²) in [6.07, 6.45) is 0.538. The Morgan fingerprint density at radius 2 is 1.41 bits per heavy atom. The molecule has 0 aromatic heterocycles. The Kier molecular flexibility index (Phi) is 7.70. The van der Waals surface area contributed by atoms with Gasteiger partial charge in [-0.2, -0.15) is 5.10 Å². The molecular formula is C21H26N2O6. The zero-order chi connectivity index (χ0) is 21.4. The van der Waals surface area contributed by atoms with E-state index in [1.807, 2.05) is 25.1 Å². The summed E-state index contributed by atoms with van der Waals surface area (Å²) in [6, 6.07) is 8.75. The Hall–Kier alpha value is -3.42. The molecule has 0 unspecified atom stereocenters. The van der Waals surface area contributed by atoms with Gasteiger partial charge in [-0.1, -0.05) is 6.07 Å². The summed E-state index contributed by atoms with van der Waals surface area (Å²) in [5.74, 6) is 2.10. The number of hydrazone groups is 1. The molecule has 0 aliphatic heterocycles. The third-order valence-corrected chi connectivity index (χ3v) is 4.18. The molecule has 29 heavy (non-hydrogen) atoms. The highest BCUT2D eigenvalue weighted by atomic mass is 16.5. The molecule has 2 aromatic rings. The molecule has 2 rings (SSSR count). The lowest BCUT2D eigenvalue weighted by atomic mass is 10.1. The number of carbonyl (C=O) groups excluding carboxylic acids is 1. The molecule has 0 aliphatic rings. The molecule has 0 spiro atoms. The van der Waals surface area contributed by atoms with E-state index >= 15 is 0 Å². The van der Waals surface area contributed by atoms with E-state index in [2.05, 4.69) is 10.5 Å².